The molecule has 3 aromatic rings. The monoisotopic (exact) mass is 466 g/mol. The van der Waals surface area contributed by atoms with E-state index in [1.165, 1.54) is 0 Å². The highest BCUT2D eigenvalue weighted by atomic mass is 16.6. The second-order valence-corrected chi connectivity index (χ2v) is 11.1. The molecule has 9 nitrogen and oxygen atoms in total. The number of nitrogens with zero attached hydrogens (tertiary/aromatic N) is 3. The smallest absolute Gasteiger partial charge is 0.407 e. The minimum absolute atomic E-state index is 0.0581. The fourth-order valence-corrected chi connectivity index (χ4v) is 4.08. The van der Waals surface area contributed by atoms with Crippen molar-refractivity contribution < 1.29 is 13.9 Å². The number of benzene rings is 1. The van der Waals surface area contributed by atoms with Crippen molar-refractivity contribution >= 4 is 28.7 Å². The molecule has 2 aromatic heterocycles. The third-order valence-electron chi connectivity index (χ3n) is 5.78. The van der Waals surface area contributed by atoms with E-state index in [9.17, 15) is 4.79 Å². The number of pyridine rings is 1. The van der Waals surface area contributed by atoms with E-state index in [1.54, 1.807) is 0 Å². The predicted molar refractivity (Wildman–Crippen MR) is 133 cm³/mol. The third-order valence-corrected chi connectivity index (χ3v) is 5.78. The fraction of sp³-hybridized carbons (Fsp3) is 0.520. The van der Waals surface area contributed by atoms with Crippen LogP contribution in [0.15, 0.2) is 22.6 Å². The second kappa shape index (κ2) is 8.45. The van der Waals surface area contributed by atoms with Crippen LogP contribution in [0.5, 0.6) is 0 Å². The zero-order valence-corrected chi connectivity index (χ0v) is 20.9. The molecule has 182 valence electrons. The Morgan fingerprint density at radius 1 is 1.09 bits per heavy atom. The minimum atomic E-state index is -0.513. The summed E-state index contributed by atoms with van der Waals surface area (Å²) < 4.78 is 11.2. The predicted octanol–water partition coefficient (Wildman–Crippen LogP) is 4.94. The van der Waals surface area contributed by atoms with Crippen LogP contribution in [0.4, 0.5) is 16.5 Å². The van der Waals surface area contributed by atoms with Crippen LogP contribution in [-0.2, 0) is 10.2 Å². The van der Waals surface area contributed by atoms with Gasteiger partial charge in [-0.15, -0.1) is 5.10 Å². The maximum atomic E-state index is 11.9. The largest absolute Gasteiger partial charge is 0.444 e. The number of amides is 1. The summed E-state index contributed by atoms with van der Waals surface area (Å²) in [6, 6.07) is 6.41. The Kier molecular flexibility index (Phi) is 5.91. The lowest BCUT2D eigenvalue weighted by molar-refractivity contribution is 0.0475. The molecule has 1 amide bonds. The van der Waals surface area contributed by atoms with Gasteiger partial charge in [-0.1, -0.05) is 25.9 Å². The van der Waals surface area contributed by atoms with Gasteiger partial charge < -0.3 is 25.5 Å². The van der Waals surface area contributed by atoms with E-state index in [0.29, 0.717) is 17.6 Å². The number of carbonyl (C=O) groups excluding carboxylic acids is 1. The zero-order valence-electron chi connectivity index (χ0n) is 20.9. The van der Waals surface area contributed by atoms with Gasteiger partial charge in [-0.05, 0) is 75.3 Å². The lowest BCUT2D eigenvalue weighted by atomic mass is 9.84. The molecule has 9 heteroatoms. The van der Waals surface area contributed by atoms with E-state index in [4.69, 9.17) is 19.9 Å². The number of alkyl carbamates (subject to hydrolysis) is 1. The maximum Gasteiger partial charge on any atom is 0.407 e. The second-order valence-electron chi connectivity index (χ2n) is 11.1. The van der Waals surface area contributed by atoms with Gasteiger partial charge in [0, 0.05) is 23.2 Å². The summed E-state index contributed by atoms with van der Waals surface area (Å²) in [7, 11) is 0. The van der Waals surface area contributed by atoms with E-state index in [-0.39, 0.29) is 17.5 Å². The molecular weight excluding hydrogens is 432 g/mol. The van der Waals surface area contributed by atoms with Crippen molar-refractivity contribution in [2.45, 2.75) is 84.4 Å². The lowest BCUT2D eigenvalue weighted by Crippen LogP contribution is -2.50. The quantitative estimate of drug-likeness (QED) is 0.461. The van der Waals surface area contributed by atoms with Crippen molar-refractivity contribution in [3.8, 4) is 11.6 Å². The molecule has 0 atom stereocenters. The number of hydrogen-bond donors (Lipinski definition) is 3. The molecule has 34 heavy (non-hydrogen) atoms. The van der Waals surface area contributed by atoms with Crippen molar-refractivity contribution in [1.29, 1.82) is 0 Å². The van der Waals surface area contributed by atoms with E-state index in [1.807, 2.05) is 45.9 Å². The highest BCUT2D eigenvalue weighted by Gasteiger charge is 2.32. The molecule has 0 saturated heterocycles. The number of carbonyl (C=O) groups is 1. The topological polar surface area (TPSA) is 128 Å². The third kappa shape index (κ3) is 5.24. The van der Waals surface area contributed by atoms with Gasteiger partial charge in [0.2, 0.25) is 0 Å². The number of rotatable bonds is 4. The van der Waals surface area contributed by atoms with Crippen molar-refractivity contribution in [2.24, 2.45) is 0 Å². The average Bonchev–Trinajstić information content (AvgIpc) is 3.12. The number of nitrogens with one attached hydrogen (secondary N) is 2. The summed E-state index contributed by atoms with van der Waals surface area (Å²) in [5.74, 6) is 0.354. The van der Waals surface area contributed by atoms with Gasteiger partial charge in [-0.25, -0.2) is 9.78 Å². The van der Waals surface area contributed by atoms with Crippen molar-refractivity contribution in [3.05, 3.63) is 29.3 Å². The van der Waals surface area contributed by atoms with E-state index < -0.39 is 11.7 Å². The number of ether oxygens (including phenoxy) is 1. The normalized spacial score (nSPS) is 18.4. The molecule has 0 radical (unpaired) electrons. The standard InChI is InChI=1S/C25H34N6O3/c1-13-8-19(29-20-17(13)9-14(26)10-18(20)24(2,3)4)21-30-31-22(33-21)27-15-11-16(12-15)28-23(32)34-25(5,6)7/h8-10,15-16H,11-12,26H2,1-7H3,(H,27,31)(H,28,32). The minimum Gasteiger partial charge on any atom is -0.444 e. The maximum absolute atomic E-state index is 11.9. The van der Waals surface area contributed by atoms with Crippen molar-refractivity contribution in [2.75, 3.05) is 11.1 Å². The van der Waals surface area contributed by atoms with Gasteiger partial charge in [-0.3, -0.25) is 0 Å². The number of aromatic nitrogens is 3. The van der Waals surface area contributed by atoms with Gasteiger partial charge in [0.05, 0.1) is 5.52 Å². The Labute approximate surface area is 199 Å². The van der Waals surface area contributed by atoms with Gasteiger partial charge in [-0.2, -0.15) is 0 Å². The SMILES string of the molecule is Cc1cc(-c2nnc(NC3CC(NC(=O)OC(C)(C)C)C3)o2)nc2c(C(C)(C)C)cc(N)cc12. The van der Waals surface area contributed by atoms with Crippen LogP contribution in [0, 0.1) is 6.92 Å². The van der Waals surface area contributed by atoms with Gasteiger partial charge in [0.1, 0.15) is 11.3 Å². The summed E-state index contributed by atoms with van der Waals surface area (Å²) in [6.07, 6.45) is 1.10. The van der Waals surface area contributed by atoms with Crippen LogP contribution in [-0.4, -0.2) is 39.0 Å². The molecule has 0 aliphatic heterocycles. The highest BCUT2D eigenvalue weighted by Crippen LogP contribution is 2.34. The van der Waals surface area contributed by atoms with E-state index in [2.05, 4.69) is 41.6 Å². The first-order chi connectivity index (χ1) is 15.8. The Hall–Kier alpha value is -3.36. The molecule has 4 rings (SSSR count). The van der Waals surface area contributed by atoms with Crippen LogP contribution < -0.4 is 16.4 Å². The molecule has 1 aromatic carbocycles. The van der Waals surface area contributed by atoms with E-state index >= 15 is 0 Å². The van der Waals surface area contributed by atoms with E-state index in [0.717, 1.165) is 40.6 Å². The first-order valence-corrected chi connectivity index (χ1v) is 11.6. The number of fused-ring (bicyclic) bond motifs is 1. The zero-order chi connectivity index (χ0) is 24.8. The Balaban J connectivity index is 1.46. The summed E-state index contributed by atoms with van der Waals surface area (Å²) in [6.45, 7) is 14.0. The summed E-state index contributed by atoms with van der Waals surface area (Å²) in [4.78, 5) is 16.8. The number of hydrogen-bond acceptors (Lipinski definition) is 8. The highest BCUT2D eigenvalue weighted by molar-refractivity contribution is 5.90. The molecule has 0 spiro atoms. The molecule has 2 heterocycles. The molecular formula is C25H34N6O3. The number of anilines is 2. The van der Waals surface area contributed by atoms with Crippen LogP contribution in [0.25, 0.3) is 22.5 Å². The van der Waals surface area contributed by atoms with Crippen LogP contribution in [0.3, 0.4) is 0 Å². The fourth-order valence-electron chi connectivity index (χ4n) is 4.08. The average molecular weight is 467 g/mol. The van der Waals surface area contributed by atoms with Gasteiger partial charge in [0.15, 0.2) is 0 Å². The van der Waals surface area contributed by atoms with Crippen LogP contribution in [0.2, 0.25) is 0 Å². The molecule has 1 aliphatic rings. The first-order valence-electron chi connectivity index (χ1n) is 11.6. The molecule has 1 fully saturated rings. The van der Waals surface area contributed by atoms with Gasteiger partial charge in [0.25, 0.3) is 5.89 Å². The Bertz CT molecular complexity index is 1220. The molecule has 0 unspecified atom stereocenters. The number of nitrogens with two attached hydrogens (primary N) is 1. The Morgan fingerprint density at radius 3 is 2.44 bits per heavy atom. The molecule has 4 N–H and O–H groups in total. The Morgan fingerprint density at radius 2 is 1.79 bits per heavy atom. The van der Waals surface area contributed by atoms with Crippen molar-refractivity contribution in [1.82, 2.24) is 20.5 Å². The lowest BCUT2D eigenvalue weighted by Gasteiger charge is -2.36. The number of aryl methyl sites for hydroxylation is 1. The van der Waals surface area contributed by atoms with Crippen molar-refractivity contribution in [3.63, 3.8) is 0 Å². The van der Waals surface area contributed by atoms with Crippen LogP contribution in [0.1, 0.15) is 65.5 Å². The number of nitrogen functional groups attached to an aromatic ring is 1. The first kappa shape index (κ1) is 23.8. The van der Waals surface area contributed by atoms with Crippen LogP contribution >= 0.6 is 0 Å². The molecule has 1 saturated carbocycles. The molecule has 0 bridgehead atoms. The summed E-state index contributed by atoms with van der Waals surface area (Å²) >= 11 is 0. The molecule has 1 aliphatic carbocycles. The summed E-state index contributed by atoms with van der Waals surface area (Å²) in [5, 5.41) is 15.5. The summed E-state index contributed by atoms with van der Waals surface area (Å²) in [5.41, 5.74) is 9.88. The van der Waals surface area contributed by atoms with Gasteiger partial charge >= 0.3 is 12.1 Å².